The summed E-state index contributed by atoms with van der Waals surface area (Å²) in [5, 5.41) is 1.19. The molecule has 0 amide bonds. The molecule has 0 bridgehead atoms. The molecule has 1 aromatic heterocycles. The number of fused-ring (bicyclic) bond motifs is 1. The van der Waals surface area contributed by atoms with Crippen LogP contribution in [0.2, 0.25) is 0 Å². The molecule has 1 atom stereocenters. The Bertz CT molecular complexity index is 516. The van der Waals surface area contributed by atoms with Gasteiger partial charge in [-0.15, -0.1) is 0 Å². The van der Waals surface area contributed by atoms with Crippen LogP contribution in [-0.2, 0) is 6.42 Å². The average Bonchev–Trinajstić information content (AvgIpc) is 2.75. The van der Waals surface area contributed by atoms with Crippen LogP contribution >= 0.6 is 0 Å². The molecule has 1 aromatic carbocycles. The zero-order chi connectivity index (χ0) is 12.4. The standard InChI is InChI=1S/C14H20N2O/c1-4-10(15)13-9-7-6-8-12(17-3)14(9)16-11(13)5-2/h6-8,10,16H,4-5,15H2,1-3H3. The number of nitrogens with two attached hydrogens (primary N) is 1. The van der Waals surface area contributed by atoms with Gasteiger partial charge in [-0.25, -0.2) is 0 Å². The van der Waals surface area contributed by atoms with Gasteiger partial charge in [0.25, 0.3) is 0 Å². The van der Waals surface area contributed by atoms with Crippen molar-refractivity contribution in [3.05, 3.63) is 29.5 Å². The molecule has 2 rings (SSSR count). The molecule has 0 radical (unpaired) electrons. The number of hydrogen-bond donors (Lipinski definition) is 2. The summed E-state index contributed by atoms with van der Waals surface area (Å²) in [5.74, 6) is 0.881. The van der Waals surface area contributed by atoms with E-state index in [1.54, 1.807) is 7.11 Å². The van der Waals surface area contributed by atoms with Crippen LogP contribution in [-0.4, -0.2) is 12.1 Å². The second kappa shape index (κ2) is 4.80. The molecule has 92 valence electrons. The molecular formula is C14H20N2O. The van der Waals surface area contributed by atoms with Crippen molar-refractivity contribution < 1.29 is 4.74 Å². The molecule has 0 saturated carbocycles. The number of benzene rings is 1. The summed E-state index contributed by atoms with van der Waals surface area (Å²) in [4.78, 5) is 3.44. The largest absolute Gasteiger partial charge is 0.495 e. The van der Waals surface area contributed by atoms with E-state index in [9.17, 15) is 0 Å². The van der Waals surface area contributed by atoms with Gasteiger partial charge in [-0.3, -0.25) is 0 Å². The van der Waals surface area contributed by atoms with Gasteiger partial charge in [0.05, 0.1) is 12.6 Å². The SMILES string of the molecule is CCc1[nH]c2c(OC)cccc2c1C(N)CC. The highest BCUT2D eigenvalue weighted by Crippen LogP contribution is 2.33. The van der Waals surface area contributed by atoms with E-state index in [1.807, 2.05) is 12.1 Å². The first kappa shape index (κ1) is 12.0. The molecule has 0 fully saturated rings. The van der Waals surface area contributed by atoms with Gasteiger partial charge < -0.3 is 15.5 Å². The number of para-hydroxylation sites is 1. The number of aryl methyl sites for hydroxylation is 1. The Morgan fingerprint density at radius 1 is 1.35 bits per heavy atom. The summed E-state index contributed by atoms with van der Waals surface area (Å²) >= 11 is 0. The molecule has 1 unspecified atom stereocenters. The zero-order valence-corrected chi connectivity index (χ0v) is 10.7. The minimum absolute atomic E-state index is 0.0887. The van der Waals surface area contributed by atoms with Crippen LogP contribution in [0.4, 0.5) is 0 Å². The molecule has 0 spiro atoms. The Balaban J connectivity index is 2.72. The van der Waals surface area contributed by atoms with Crippen molar-refractivity contribution in [1.29, 1.82) is 0 Å². The van der Waals surface area contributed by atoms with Crippen molar-refractivity contribution in [3.8, 4) is 5.75 Å². The van der Waals surface area contributed by atoms with Crippen LogP contribution < -0.4 is 10.5 Å². The number of rotatable bonds is 4. The molecule has 1 heterocycles. The minimum atomic E-state index is 0.0887. The van der Waals surface area contributed by atoms with Crippen LogP contribution in [0.5, 0.6) is 5.75 Å². The highest BCUT2D eigenvalue weighted by molar-refractivity contribution is 5.90. The number of hydrogen-bond acceptors (Lipinski definition) is 2. The third-order valence-corrected chi connectivity index (χ3v) is 3.30. The van der Waals surface area contributed by atoms with Crippen molar-refractivity contribution in [2.24, 2.45) is 5.73 Å². The van der Waals surface area contributed by atoms with Crippen LogP contribution in [0.3, 0.4) is 0 Å². The number of ether oxygens (including phenoxy) is 1. The maximum atomic E-state index is 6.21. The topological polar surface area (TPSA) is 51.0 Å². The quantitative estimate of drug-likeness (QED) is 0.850. The molecule has 3 heteroatoms. The summed E-state index contributed by atoms with van der Waals surface area (Å²) < 4.78 is 5.38. The normalized spacial score (nSPS) is 12.9. The fraction of sp³-hybridized carbons (Fsp3) is 0.429. The van der Waals surface area contributed by atoms with E-state index in [-0.39, 0.29) is 6.04 Å². The number of H-pyrrole nitrogens is 1. The summed E-state index contributed by atoms with van der Waals surface area (Å²) in [6, 6.07) is 6.18. The maximum absolute atomic E-state index is 6.21. The van der Waals surface area contributed by atoms with E-state index in [0.29, 0.717) is 0 Å². The van der Waals surface area contributed by atoms with E-state index < -0.39 is 0 Å². The van der Waals surface area contributed by atoms with Crippen LogP contribution in [0, 0.1) is 0 Å². The second-order valence-electron chi connectivity index (χ2n) is 4.27. The van der Waals surface area contributed by atoms with Crippen molar-refractivity contribution >= 4 is 10.9 Å². The molecule has 3 nitrogen and oxygen atoms in total. The second-order valence-corrected chi connectivity index (χ2v) is 4.27. The first-order chi connectivity index (χ1) is 8.22. The zero-order valence-electron chi connectivity index (χ0n) is 10.7. The van der Waals surface area contributed by atoms with Gasteiger partial charge in [0.2, 0.25) is 0 Å². The van der Waals surface area contributed by atoms with Crippen molar-refractivity contribution in [2.45, 2.75) is 32.7 Å². The van der Waals surface area contributed by atoms with Crippen LogP contribution in [0.15, 0.2) is 18.2 Å². The highest BCUT2D eigenvalue weighted by atomic mass is 16.5. The van der Waals surface area contributed by atoms with Gasteiger partial charge in [0, 0.05) is 17.1 Å². The third-order valence-electron chi connectivity index (χ3n) is 3.30. The highest BCUT2D eigenvalue weighted by Gasteiger charge is 2.17. The van der Waals surface area contributed by atoms with E-state index in [0.717, 1.165) is 24.1 Å². The fourth-order valence-corrected chi connectivity index (χ4v) is 2.34. The fourth-order valence-electron chi connectivity index (χ4n) is 2.34. The average molecular weight is 232 g/mol. The van der Waals surface area contributed by atoms with Crippen LogP contribution in [0.25, 0.3) is 10.9 Å². The van der Waals surface area contributed by atoms with E-state index in [4.69, 9.17) is 10.5 Å². The Labute approximate surface area is 102 Å². The van der Waals surface area contributed by atoms with E-state index >= 15 is 0 Å². The lowest BCUT2D eigenvalue weighted by molar-refractivity contribution is 0.419. The lowest BCUT2D eigenvalue weighted by Crippen LogP contribution is -2.10. The number of methoxy groups -OCH3 is 1. The monoisotopic (exact) mass is 232 g/mol. The van der Waals surface area contributed by atoms with Crippen molar-refractivity contribution in [2.75, 3.05) is 7.11 Å². The molecule has 0 aliphatic heterocycles. The first-order valence-electron chi connectivity index (χ1n) is 6.15. The Morgan fingerprint density at radius 2 is 2.12 bits per heavy atom. The van der Waals surface area contributed by atoms with Gasteiger partial charge in [-0.1, -0.05) is 26.0 Å². The molecule has 17 heavy (non-hydrogen) atoms. The molecule has 0 saturated heterocycles. The predicted octanol–water partition coefficient (Wildman–Crippen LogP) is 3.15. The van der Waals surface area contributed by atoms with Crippen molar-refractivity contribution in [1.82, 2.24) is 4.98 Å². The number of aromatic nitrogens is 1. The lowest BCUT2D eigenvalue weighted by Gasteiger charge is -2.10. The number of aromatic amines is 1. The predicted molar refractivity (Wildman–Crippen MR) is 71.4 cm³/mol. The summed E-state index contributed by atoms with van der Waals surface area (Å²) in [7, 11) is 1.70. The maximum Gasteiger partial charge on any atom is 0.142 e. The first-order valence-corrected chi connectivity index (χ1v) is 6.15. The van der Waals surface area contributed by atoms with Gasteiger partial charge >= 0.3 is 0 Å². The lowest BCUT2D eigenvalue weighted by atomic mass is 10.0. The Hall–Kier alpha value is -1.48. The smallest absolute Gasteiger partial charge is 0.142 e. The Kier molecular flexibility index (Phi) is 3.38. The van der Waals surface area contributed by atoms with Crippen molar-refractivity contribution in [3.63, 3.8) is 0 Å². The Morgan fingerprint density at radius 3 is 2.71 bits per heavy atom. The molecule has 3 N–H and O–H groups in total. The van der Waals surface area contributed by atoms with Gasteiger partial charge in [0.1, 0.15) is 5.75 Å². The molecule has 0 aliphatic carbocycles. The van der Waals surface area contributed by atoms with Gasteiger partial charge in [-0.05, 0) is 24.5 Å². The van der Waals surface area contributed by atoms with E-state index in [2.05, 4.69) is 24.9 Å². The molecule has 0 aliphatic rings. The third kappa shape index (κ3) is 1.91. The summed E-state index contributed by atoms with van der Waals surface area (Å²) in [6.07, 6.45) is 1.90. The minimum Gasteiger partial charge on any atom is -0.495 e. The number of nitrogens with one attached hydrogen (secondary N) is 1. The van der Waals surface area contributed by atoms with Gasteiger partial charge in [0.15, 0.2) is 0 Å². The molecular weight excluding hydrogens is 212 g/mol. The molecule has 2 aromatic rings. The summed E-state index contributed by atoms with van der Waals surface area (Å²) in [6.45, 7) is 4.26. The summed E-state index contributed by atoms with van der Waals surface area (Å²) in [5.41, 5.74) is 9.73. The van der Waals surface area contributed by atoms with Crippen LogP contribution in [0.1, 0.15) is 37.6 Å². The van der Waals surface area contributed by atoms with E-state index in [1.165, 1.54) is 16.6 Å². The van der Waals surface area contributed by atoms with Gasteiger partial charge in [-0.2, -0.15) is 0 Å².